The fourth-order valence-electron chi connectivity index (χ4n) is 2.43. The van der Waals surface area contributed by atoms with Gasteiger partial charge in [0.1, 0.15) is 5.60 Å². The number of hydrogen-bond donors (Lipinski definition) is 1. The van der Waals surface area contributed by atoms with E-state index in [1.54, 1.807) is 18.6 Å². The maximum absolute atomic E-state index is 11.8. The zero-order valence-electron chi connectivity index (χ0n) is 13.0. The van der Waals surface area contributed by atoms with Crippen molar-refractivity contribution in [2.45, 2.75) is 51.8 Å². The first-order chi connectivity index (χ1) is 9.92. The van der Waals surface area contributed by atoms with Crippen LogP contribution in [-0.2, 0) is 11.3 Å². The van der Waals surface area contributed by atoms with Gasteiger partial charge >= 0.3 is 6.09 Å². The van der Waals surface area contributed by atoms with Gasteiger partial charge in [0.15, 0.2) is 0 Å². The molecule has 0 unspecified atom stereocenters. The van der Waals surface area contributed by atoms with Crippen LogP contribution in [0.2, 0.25) is 0 Å². The molecule has 0 aromatic carbocycles. The molecule has 0 spiro atoms. The Morgan fingerprint density at radius 3 is 2.95 bits per heavy atom. The highest BCUT2D eigenvalue weighted by molar-refractivity contribution is 5.68. The number of nitrogens with one attached hydrogen (secondary N) is 1. The van der Waals surface area contributed by atoms with Crippen LogP contribution in [0, 0.1) is 0 Å². The topological polar surface area (TPSA) is 67.3 Å². The van der Waals surface area contributed by atoms with Gasteiger partial charge in [-0.2, -0.15) is 0 Å². The van der Waals surface area contributed by atoms with Gasteiger partial charge < -0.3 is 10.1 Å². The van der Waals surface area contributed by atoms with E-state index >= 15 is 0 Å². The highest BCUT2D eigenvalue weighted by atomic mass is 16.6. The minimum atomic E-state index is -0.460. The highest BCUT2D eigenvalue weighted by Crippen LogP contribution is 2.14. The molecule has 0 bridgehead atoms. The molecule has 1 N–H and O–H groups in total. The average molecular weight is 292 g/mol. The Kier molecular flexibility index (Phi) is 5.12. The van der Waals surface area contributed by atoms with Crippen molar-refractivity contribution in [3.63, 3.8) is 0 Å². The van der Waals surface area contributed by atoms with Crippen molar-refractivity contribution in [1.29, 1.82) is 0 Å². The van der Waals surface area contributed by atoms with E-state index in [-0.39, 0.29) is 12.1 Å². The third-order valence-corrected chi connectivity index (χ3v) is 3.23. The fourth-order valence-corrected chi connectivity index (χ4v) is 2.43. The Hall–Kier alpha value is -1.69. The Morgan fingerprint density at radius 1 is 1.48 bits per heavy atom. The van der Waals surface area contributed by atoms with E-state index in [2.05, 4.69) is 20.2 Å². The van der Waals surface area contributed by atoms with Crippen molar-refractivity contribution in [2.24, 2.45) is 0 Å². The summed E-state index contributed by atoms with van der Waals surface area (Å²) in [5.41, 5.74) is 0.494. The van der Waals surface area contributed by atoms with Crippen LogP contribution in [0.3, 0.4) is 0 Å². The lowest BCUT2D eigenvalue weighted by molar-refractivity contribution is 0.0470. The molecule has 1 saturated heterocycles. The van der Waals surface area contributed by atoms with Crippen LogP contribution in [0.4, 0.5) is 4.79 Å². The summed E-state index contributed by atoms with van der Waals surface area (Å²) in [7, 11) is 0. The number of carbonyl (C=O) groups excluding carboxylic acids is 1. The number of alkyl carbamates (subject to hydrolysis) is 1. The van der Waals surface area contributed by atoms with E-state index in [0.29, 0.717) is 0 Å². The molecule has 1 aliphatic heterocycles. The molecule has 1 atom stereocenters. The Bertz CT molecular complexity index is 458. The van der Waals surface area contributed by atoms with Crippen molar-refractivity contribution < 1.29 is 9.53 Å². The zero-order chi connectivity index (χ0) is 15.3. The van der Waals surface area contributed by atoms with Crippen molar-refractivity contribution in [1.82, 2.24) is 20.2 Å². The van der Waals surface area contributed by atoms with Crippen LogP contribution < -0.4 is 5.32 Å². The number of nitrogens with zero attached hydrogens (tertiary/aromatic N) is 3. The number of hydrogen-bond acceptors (Lipinski definition) is 5. The number of piperidine rings is 1. The quantitative estimate of drug-likeness (QED) is 0.922. The van der Waals surface area contributed by atoms with E-state index in [0.717, 1.165) is 38.2 Å². The van der Waals surface area contributed by atoms with E-state index in [9.17, 15) is 4.79 Å². The lowest BCUT2D eigenvalue weighted by atomic mass is 10.1. The Morgan fingerprint density at radius 2 is 2.29 bits per heavy atom. The van der Waals surface area contributed by atoms with Crippen LogP contribution in [0.25, 0.3) is 0 Å². The summed E-state index contributed by atoms with van der Waals surface area (Å²) >= 11 is 0. The first-order valence-corrected chi connectivity index (χ1v) is 7.39. The Balaban J connectivity index is 1.82. The maximum Gasteiger partial charge on any atom is 0.407 e. The standard InChI is InChI=1S/C15H24N4O2/c1-15(2,3)21-14(20)18-12-5-4-8-19(10-12)11-13-9-16-6-7-17-13/h6-7,9,12H,4-5,8,10-11H2,1-3H3,(H,18,20)/t12-/m0/s1. The summed E-state index contributed by atoms with van der Waals surface area (Å²) in [4.78, 5) is 22.5. The molecular weight excluding hydrogens is 268 g/mol. The summed E-state index contributed by atoms with van der Waals surface area (Å²) in [5.74, 6) is 0. The summed E-state index contributed by atoms with van der Waals surface area (Å²) < 4.78 is 5.30. The molecule has 1 amide bonds. The summed E-state index contributed by atoms with van der Waals surface area (Å²) in [6.45, 7) is 8.20. The van der Waals surface area contributed by atoms with Gasteiger partial charge in [-0.3, -0.25) is 14.9 Å². The van der Waals surface area contributed by atoms with Crippen molar-refractivity contribution >= 4 is 6.09 Å². The molecule has 21 heavy (non-hydrogen) atoms. The maximum atomic E-state index is 11.8. The molecule has 0 saturated carbocycles. The smallest absolute Gasteiger partial charge is 0.407 e. The largest absolute Gasteiger partial charge is 0.444 e. The van der Waals surface area contributed by atoms with Crippen molar-refractivity contribution in [2.75, 3.05) is 13.1 Å². The van der Waals surface area contributed by atoms with Gasteiger partial charge in [0.2, 0.25) is 0 Å². The zero-order valence-corrected chi connectivity index (χ0v) is 13.0. The van der Waals surface area contributed by atoms with Gasteiger partial charge in [-0.25, -0.2) is 4.79 Å². The van der Waals surface area contributed by atoms with E-state index < -0.39 is 5.60 Å². The van der Waals surface area contributed by atoms with Crippen LogP contribution in [-0.4, -0.2) is 45.7 Å². The number of aromatic nitrogens is 2. The van der Waals surface area contributed by atoms with Gasteiger partial charge in [0.05, 0.1) is 5.69 Å². The van der Waals surface area contributed by atoms with Crippen molar-refractivity contribution in [3.8, 4) is 0 Å². The number of ether oxygens (including phenoxy) is 1. The first-order valence-electron chi connectivity index (χ1n) is 7.39. The lowest BCUT2D eigenvalue weighted by Crippen LogP contribution is -2.48. The van der Waals surface area contributed by atoms with Crippen LogP contribution in [0.5, 0.6) is 0 Å². The second-order valence-corrected chi connectivity index (χ2v) is 6.42. The molecule has 1 fully saturated rings. The monoisotopic (exact) mass is 292 g/mol. The normalized spacial score (nSPS) is 20.0. The summed E-state index contributed by atoms with van der Waals surface area (Å²) in [5, 5.41) is 2.95. The second-order valence-electron chi connectivity index (χ2n) is 6.42. The number of likely N-dealkylation sites (tertiary alicyclic amines) is 1. The van der Waals surface area contributed by atoms with E-state index in [4.69, 9.17) is 4.74 Å². The molecule has 1 aromatic rings. The SMILES string of the molecule is CC(C)(C)OC(=O)N[C@H]1CCCN(Cc2cnccn2)C1. The molecule has 2 rings (SSSR count). The molecule has 6 nitrogen and oxygen atoms in total. The first kappa shape index (κ1) is 15.7. The molecule has 0 radical (unpaired) electrons. The molecule has 0 aliphatic carbocycles. The molecule has 1 aliphatic rings. The predicted octanol–water partition coefficient (Wildman–Crippen LogP) is 1.97. The van der Waals surface area contributed by atoms with Crippen molar-refractivity contribution in [3.05, 3.63) is 24.3 Å². The number of rotatable bonds is 3. The van der Waals surface area contributed by atoms with Crippen LogP contribution in [0.1, 0.15) is 39.3 Å². The average Bonchev–Trinajstić information content (AvgIpc) is 2.38. The van der Waals surface area contributed by atoms with Crippen LogP contribution >= 0.6 is 0 Å². The van der Waals surface area contributed by atoms with Gasteiger partial charge in [0, 0.05) is 37.7 Å². The fraction of sp³-hybridized carbons (Fsp3) is 0.667. The van der Waals surface area contributed by atoms with E-state index in [1.165, 1.54) is 0 Å². The highest BCUT2D eigenvalue weighted by Gasteiger charge is 2.24. The molecule has 6 heteroatoms. The van der Waals surface area contributed by atoms with Gasteiger partial charge in [-0.05, 0) is 40.2 Å². The van der Waals surface area contributed by atoms with Gasteiger partial charge in [-0.15, -0.1) is 0 Å². The molecular formula is C15H24N4O2. The van der Waals surface area contributed by atoms with Crippen LogP contribution in [0.15, 0.2) is 18.6 Å². The van der Waals surface area contributed by atoms with Gasteiger partial charge in [-0.1, -0.05) is 0 Å². The predicted molar refractivity (Wildman–Crippen MR) is 79.7 cm³/mol. The summed E-state index contributed by atoms with van der Waals surface area (Å²) in [6.07, 6.45) is 6.86. The van der Waals surface area contributed by atoms with E-state index in [1.807, 2.05) is 20.8 Å². The third-order valence-electron chi connectivity index (χ3n) is 3.23. The lowest BCUT2D eigenvalue weighted by Gasteiger charge is -2.33. The second kappa shape index (κ2) is 6.85. The molecule has 116 valence electrons. The third kappa shape index (κ3) is 5.67. The number of amides is 1. The minimum absolute atomic E-state index is 0.130. The molecule has 1 aromatic heterocycles. The van der Waals surface area contributed by atoms with Gasteiger partial charge in [0.25, 0.3) is 0 Å². The summed E-state index contributed by atoms with van der Waals surface area (Å²) in [6, 6.07) is 0.130. The molecule has 2 heterocycles. The minimum Gasteiger partial charge on any atom is -0.444 e. The number of carbonyl (C=O) groups is 1. The Labute approximate surface area is 125 Å².